The third kappa shape index (κ3) is 3.35. The molecule has 19 heavy (non-hydrogen) atoms. The van der Waals surface area contributed by atoms with Gasteiger partial charge >= 0.3 is 6.03 Å². The van der Waals surface area contributed by atoms with Gasteiger partial charge in [-0.3, -0.25) is 10.1 Å². The zero-order valence-corrected chi connectivity index (χ0v) is 10.9. The first-order valence-corrected chi connectivity index (χ1v) is 6.03. The van der Waals surface area contributed by atoms with Crippen molar-refractivity contribution in [1.82, 2.24) is 5.32 Å². The minimum atomic E-state index is -0.594. The Balaban J connectivity index is 2.04. The maximum Gasteiger partial charge on any atom is 0.338 e. The molecule has 5 heteroatoms. The van der Waals surface area contributed by atoms with Crippen LogP contribution in [0.3, 0.4) is 0 Å². The van der Waals surface area contributed by atoms with Gasteiger partial charge in [0.2, 0.25) is 0 Å². The summed E-state index contributed by atoms with van der Waals surface area (Å²) in [5.41, 5.74) is 1.01. The molecule has 0 aliphatic carbocycles. The molecule has 0 radical (unpaired) electrons. The zero-order chi connectivity index (χ0) is 13.7. The number of para-hydroxylation sites is 1. The Morgan fingerprint density at radius 1 is 0.895 bits per heavy atom. The van der Waals surface area contributed by atoms with E-state index in [1.54, 1.807) is 54.6 Å². The second kappa shape index (κ2) is 6.06. The summed E-state index contributed by atoms with van der Waals surface area (Å²) in [6.45, 7) is 0. The Bertz CT molecular complexity index is 573. The van der Waals surface area contributed by atoms with Crippen molar-refractivity contribution in [2.45, 2.75) is 0 Å². The lowest BCUT2D eigenvalue weighted by atomic mass is 10.2. The highest BCUT2D eigenvalue weighted by Gasteiger charge is 2.15. The number of hydrogen-bond donors (Lipinski definition) is 2. The predicted molar refractivity (Wildman–Crippen MR) is 77.2 cm³/mol. The molecule has 2 rings (SSSR count). The molecule has 0 aliphatic rings. The van der Waals surface area contributed by atoms with Crippen LogP contribution in [-0.2, 0) is 0 Å². The van der Waals surface area contributed by atoms with E-state index in [4.69, 9.17) is 0 Å². The smallest absolute Gasteiger partial charge is 0.273 e. The van der Waals surface area contributed by atoms with Gasteiger partial charge in [-0.2, -0.15) is 0 Å². The van der Waals surface area contributed by atoms with E-state index in [0.29, 0.717) is 11.3 Å². The summed E-state index contributed by atoms with van der Waals surface area (Å²) >= 11 is 4.07. The molecule has 3 amide bonds. The van der Waals surface area contributed by atoms with Crippen molar-refractivity contribution >= 4 is 30.4 Å². The van der Waals surface area contributed by atoms with Crippen molar-refractivity contribution in [2.24, 2.45) is 0 Å². The Morgan fingerprint density at radius 2 is 1.42 bits per heavy atom. The van der Waals surface area contributed by atoms with E-state index in [0.717, 1.165) is 4.31 Å². The Kier molecular flexibility index (Phi) is 4.20. The molecule has 0 spiro atoms. The number of anilines is 1. The molecule has 0 unspecified atom stereocenters. The lowest BCUT2D eigenvalue weighted by Crippen LogP contribution is -2.38. The van der Waals surface area contributed by atoms with Gasteiger partial charge in [-0.15, -0.1) is 0 Å². The van der Waals surface area contributed by atoms with Gasteiger partial charge in [0, 0.05) is 5.56 Å². The van der Waals surface area contributed by atoms with Crippen LogP contribution in [0.4, 0.5) is 10.5 Å². The molecule has 0 saturated heterocycles. The highest BCUT2D eigenvalue weighted by Crippen LogP contribution is 2.15. The van der Waals surface area contributed by atoms with Crippen LogP contribution in [0, 0.1) is 0 Å². The van der Waals surface area contributed by atoms with E-state index < -0.39 is 11.9 Å². The monoisotopic (exact) mass is 272 g/mol. The molecule has 0 fully saturated rings. The topological polar surface area (TPSA) is 49.4 Å². The first kappa shape index (κ1) is 13.2. The highest BCUT2D eigenvalue weighted by atomic mass is 32.1. The minimum Gasteiger partial charge on any atom is -0.273 e. The van der Waals surface area contributed by atoms with Crippen LogP contribution in [0.2, 0.25) is 0 Å². The highest BCUT2D eigenvalue weighted by molar-refractivity contribution is 7.82. The molecule has 96 valence electrons. The molecule has 2 aromatic rings. The summed E-state index contributed by atoms with van der Waals surface area (Å²) in [5.74, 6) is -0.458. The predicted octanol–water partition coefficient (Wildman–Crippen LogP) is 2.89. The van der Waals surface area contributed by atoms with Crippen LogP contribution in [0.1, 0.15) is 10.4 Å². The molecule has 2 aromatic carbocycles. The third-order valence-electron chi connectivity index (χ3n) is 2.45. The van der Waals surface area contributed by atoms with Crippen LogP contribution in [0.15, 0.2) is 60.7 Å². The van der Waals surface area contributed by atoms with Crippen molar-refractivity contribution in [3.05, 3.63) is 66.2 Å². The molecule has 4 nitrogen and oxygen atoms in total. The molecular formula is C14H12N2O2S. The van der Waals surface area contributed by atoms with Crippen LogP contribution >= 0.6 is 12.8 Å². The minimum absolute atomic E-state index is 0.422. The van der Waals surface area contributed by atoms with Crippen molar-refractivity contribution in [3.8, 4) is 0 Å². The number of carbonyl (C=O) groups excluding carboxylic acids is 2. The molecule has 0 atom stereocenters. The Morgan fingerprint density at radius 3 is 2.00 bits per heavy atom. The van der Waals surface area contributed by atoms with Crippen LogP contribution in [0.25, 0.3) is 0 Å². The Hall–Kier alpha value is -2.27. The molecule has 0 aromatic heterocycles. The fraction of sp³-hybridized carbons (Fsp3) is 0. The molecular weight excluding hydrogens is 260 g/mol. The number of thiol groups is 1. The molecule has 1 N–H and O–H groups in total. The number of rotatable bonds is 2. The van der Waals surface area contributed by atoms with Crippen molar-refractivity contribution in [2.75, 3.05) is 4.31 Å². The third-order valence-corrected chi connectivity index (χ3v) is 2.86. The van der Waals surface area contributed by atoms with Crippen molar-refractivity contribution in [3.63, 3.8) is 0 Å². The van der Waals surface area contributed by atoms with E-state index in [1.807, 2.05) is 6.07 Å². The number of nitrogens with zero attached hydrogens (tertiary/aromatic N) is 1. The molecule has 0 aliphatic heterocycles. The van der Waals surface area contributed by atoms with E-state index in [1.165, 1.54) is 0 Å². The number of nitrogens with one attached hydrogen (secondary N) is 1. The summed E-state index contributed by atoms with van der Waals surface area (Å²) in [5, 5.41) is 2.27. The van der Waals surface area contributed by atoms with E-state index >= 15 is 0 Å². The summed E-state index contributed by atoms with van der Waals surface area (Å²) in [4.78, 5) is 23.6. The Labute approximate surface area is 116 Å². The maximum absolute atomic E-state index is 11.8. The molecule has 0 bridgehead atoms. The van der Waals surface area contributed by atoms with Gasteiger partial charge in [0.1, 0.15) is 0 Å². The van der Waals surface area contributed by atoms with Crippen LogP contribution in [0.5, 0.6) is 0 Å². The number of urea groups is 1. The fourth-order valence-corrected chi connectivity index (χ4v) is 1.68. The van der Waals surface area contributed by atoms with E-state index in [-0.39, 0.29) is 0 Å². The van der Waals surface area contributed by atoms with Gasteiger partial charge in [0.25, 0.3) is 5.91 Å². The average Bonchev–Trinajstić information content (AvgIpc) is 2.48. The summed E-state index contributed by atoms with van der Waals surface area (Å²) in [7, 11) is 0. The maximum atomic E-state index is 11.8. The van der Waals surface area contributed by atoms with Crippen molar-refractivity contribution in [1.29, 1.82) is 0 Å². The van der Waals surface area contributed by atoms with E-state index in [9.17, 15) is 9.59 Å². The standard InChI is InChI=1S/C14H12N2O2S/c17-13(11-7-3-1-4-8-11)15-14(18)16(19)12-9-5-2-6-10-12/h1-10,19H,(H,15,17,18). The first-order chi connectivity index (χ1) is 9.18. The van der Waals surface area contributed by atoms with Crippen LogP contribution < -0.4 is 9.62 Å². The van der Waals surface area contributed by atoms with Crippen molar-refractivity contribution < 1.29 is 9.59 Å². The van der Waals surface area contributed by atoms with Gasteiger partial charge in [-0.1, -0.05) is 49.2 Å². The lowest BCUT2D eigenvalue weighted by molar-refractivity contribution is 0.0966. The molecule has 0 heterocycles. The number of amides is 3. The number of hydrogen-bond acceptors (Lipinski definition) is 3. The van der Waals surface area contributed by atoms with Gasteiger partial charge in [-0.05, 0) is 24.3 Å². The SMILES string of the molecule is O=C(NC(=O)N(S)c1ccccc1)c1ccccc1. The normalized spacial score (nSPS) is 9.74. The van der Waals surface area contributed by atoms with E-state index in [2.05, 4.69) is 18.1 Å². The fourth-order valence-electron chi connectivity index (χ4n) is 1.50. The number of carbonyl (C=O) groups is 2. The largest absolute Gasteiger partial charge is 0.338 e. The number of benzene rings is 2. The van der Waals surface area contributed by atoms with Crippen LogP contribution in [-0.4, -0.2) is 11.9 Å². The first-order valence-electron chi connectivity index (χ1n) is 5.63. The number of imide groups is 1. The van der Waals surface area contributed by atoms with Gasteiger partial charge in [-0.25, -0.2) is 9.10 Å². The molecule has 0 saturated carbocycles. The second-order valence-corrected chi connectivity index (χ2v) is 4.17. The summed E-state index contributed by atoms with van der Waals surface area (Å²) in [6, 6.07) is 16.8. The van der Waals surface area contributed by atoms with Gasteiger partial charge in [0.15, 0.2) is 0 Å². The average molecular weight is 272 g/mol. The lowest BCUT2D eigenvalue weighted by Gasteiger charge is -2.15. The van der Waals surface area contributed by atoms with Gasteiger partial charge < -0.3 is 0 Å². The quantitative estimate of drug-likeness (QED) is 0.826. The second-order valence-electron chi connectivity index (χ2n) is 3.77. The van der Waals surface area contributed by atoms with Gasteiger partial charge in [0.05, 0.1) is 5.69 Å². The zero-order valence-electron chi connectivity index (χ0n) is 9.98. The summed E-state index contributed by atoms with van der Waals surface area (Å²) in [6.07, 6.45) is 0. The summed E-state index contributed by atoms with van der Waals surface area (Å²) < 4.78 is 1.08.